The van der Waals surface area contributed by atoms with E-state index in [1.165, 1.54) is 18.4 Å². The Labute approximate surface area is 108 Å². The summed E-state index contributed by atoms with van der Waals surface area (Å²) in [6, 6.07) is 0. The summed E-state index contributed by atoms with van der Waals surface area (Å²) >= 11 is 0. The average Bonchev–Trinajstić information content (AvgIpc) is 2.56. The van der Waals surface area contributed by atoms with E-state index in [1.807, 2.05) is 6.08 Å². The Balaban J connectivity index is 1.90. The van der Waals surface area contributed by atoms with Crippen LogP contribution in [0.4, 0.5) is 0 Å². The van der Waals surface area contributed by atoms with Crippen molar-refractivity contribution in [2.75, 3.05) is 0 Å². The maximum Gasteiger partial charge on any atom is 0.219 e. The smallest absolute Gasteiger partial charge is 0.219 e. The lowest BCUT2D eigenvalue weighted by molar-refractivity contribution is -0.232. The number of rotatable bonds is 0. The molecule has 3 fully saturated rings. The first-order chi connectivity index (χ1) is 8.27. The highest BCUT2D eigenvalue weighted by molar-refractivity contribution is 5.38. The quantitative estimate of drug-likeness (QED) is 0.530. The van der Waals surface area contributed by atoms with E-state index < -0.39 is 11.4 Å². The molecule has 0 radical (unpaired) electrons. The molecule has 3 heterocycles. The normalized spacial score (nSPS) is 59.7. The first-order valence-electron chi connectivity index (χ1n) is 7.08. The SMILES string of the molecule is CC1=CC2(O)OC3(CC24OC4(C)C)C(C)CCC13. The minimum atomic E-state index is -1.21. The Kier molecular flexibility index (Phi) is 1.73. The third kappa shape index (κ3) is 0.939. The number of ether oxygens (including phenoxy) is 2. The Morgan fingerprint density at radius 3 is 2.56 bits per heavy atom. The van der Waals surface area contributed by atoms with Gasteiger partial charge in [0.25, 0.3) is 0 Å². The van der Waals surface area contributed by atoms with Gasteiger partial charge in [-0.2, -0.15) is 0 Å². The summed E-state index contributed by atoms with van der Waals surface area (Å²) in [5, 5.41) is 11.0. The molecular formula is C15H22O3. The summed E-state index contributed by atoms with van der Waals surface area (Å²) in [4.78, 5) is 0. The van der Waals surface area contributed by atoms with E-state index in [-0.39, 0.29) is 11.2 Å². The molecule has 3 aliphatic heterocycles. The molecule has 0 aromatic rings. The number of aliphatic hydroxyl groups is 1. The Bertz CT molecular complexity index is 468. The van der Waals surface area contributed by atoms with Gasteiger partial charge in [0.1, 0.15) is 0 Å². The van der Waals surface area contributed by atoms with E-state index in [1.54, 1.807) is 0 Å². The predicted octanol–water partition coefficient (Wildman–Crippen LogP) is 2.39. The van der Waals surface area contributed by atoms with Crippen molar-refractivity contribution in [2.24, 2.45) is 11.8 Å². The second-order valence-corrected chi connectivity index (χ2v) is 7.29. The highest BCUT2D eigenvalue weighted by Crippen LogP contribution is 2.71. The molecule has 3 nitrogen and oxygen atoms in total. The van der Waals surface area contributed by atoms with Crippen molar-refractivity contribution in [3.05, 3.63) is 11.6 Å². The lowest BCUT2D eigenvalue weighted by Gasteiger charge is -2.40. The molecular weight excluding hydrogens is 228 g/mol. The minimum absolute atomic E-state index is 0.193. The van der Waals surface area contributed by atoms with Gasteiger partial charge in [0.15, 0.2) is 5.60 Å². The maximum absolute atomic E-state index is 11.0. The van der Waals surface area contributed by atoms with Crippen LogP contribution in [0, 0.1) is 11.8 Å². The van der Waals surface area contributed by atoms with Gasteiger partial charge in [0.2, 0.25) is 5.79 Å². The van der Waals surface area contributed by atoms with Gasteiger partial charge in [-0.15, -0.1) is 0 Å². The summed E-state index contributed by atoms with van der Waals surface area (Å²) in [5.74, 6) is -0.250. The molecule has 5 atom stereocenters. The molecule has 100 valence electrons. The largest absolute Gasteiger partial charge is 0.360 e. The molecule has 3 heteroatoms. The third-order valence-electron chi connectivity index (χ3n) is 6.10. The molecule has 1 aliphatic carbocycles. The number of hydrogen-bond donors (Lipinski definition) is 1. The van der Waals surface area contributed by atoms with Crippen LogP contribution in [0.2, 0.25) is 0 Å². The fourth-order valence-corrected chi connectivity index (χ4v) is 4.97. The van der Waals surface area contributed by atoms with Crippen LogP contribution in [-0.4, -0.2) is 27.7 Å². The van der Waals surface area contributed by atoms with E-state index in [2.05, 4.69) is 27.7 Å². The molecule has 1 N–H and O–H groups in total. The van der Waals surface area contributed by atoms with Gasteiger partial charge in [-0.1, -0.05) is 12.5 Å². The van der Waals surface area contributed by atoms with Crippen molar-refractivity contribution in [1.82, 2.24) is 0 Å². The van der Waals surface area contributed by atoms with Crippen LogP contribution in [0.15, 0.2) is 11.6 Å². The van der Waals surface area contributed by atoms with Gasteiger partial charge in [0, 0.05) is 12.3 Å². The van der Waals surface area contributed by atoms with Crippen molar-refractivity contribution in [3.8, 4) is 0 Å². The van der Waals surface area contributed by atoms with E-state index in [4.69, 9.17) is 9.47 Å². The van der Waals surface area contributed by atoms with Crippen molar-refractivity contribution in [1.29, 1.82) is 0 Å². The lowest BCUT2D eigenvalue weighted by Crippen LogP contribution is -2.48. The molecule has 1 saturated carbocycles. The number of hydrogen-bond acceptors (Lipinski definition) is 3. The molecule has 0 aromatic carbocycles. The predicted molar refractivity (Wildman–Crippen MR) is 66.9 cm³/mol. The summed E-state index contributed by atoms with van der Waals surface area (Å²) in [6.45, 7) is 8.51. The van der Waals surface area contributed by atoms with Gasteiger partial charge < -0.3 is 14.6 Å². The van der Waals surface area contributed by atoms with Gasteiger partial charge in [0.05, 0.1) is 11.2 Å². The average molecular weight is 250 g/mol. The van der Waals surface area contributed by atoms with E-state index in [0.717, 1.165) is 6.42 Å². The summed E-state index contributed by atoms with van der Waals surface area (Å²) < 4.78 is 12.2. The van der Waals surface area contributed by atoms with Gasteiger partial charge >= 0.3 is 0 Å². The number of fused-ring (bicyclic) bond motifs is 2. The van der Waals surface area contributed by atoms with Crippen LogP contribution in [0.5, 0.6) is 0 Å². The topological polar surface area (TPSA) is 42.0 Å². The summed E-state index contributed by atoms with van der Waals surface area (Å²) in [5.41, 5.74) is 0.297. The monoisotopic (exact) mass is 250 g/mol. The molecule has 2 bridgehead atoms. The molecule has 4 aliphatic rings. The van der Waals surface area contributed by atoms with Crippen LogP contribution in [-0.2, 0) is 9.47 Å². The standard InChI is InChI=1S/C15H22O3/c1-9-7-15(16)14(12(3,4)17-14)8-13(18-15)10(2)5-6-11(9)13/h7,10-11,16H,5-6,8H2,1-4H3. The van der Waals surface area contributed by atoms with Crippen molar-refractivity contribution in [2.45, 2.75) is 69.5 Å². The fraction of sp³-hybridized carbons (Fsp3) is 0.867. The molecule has 4 rings (SSSR count). The van der Waals surface area contributed by atoms with Crippen molar-refractivity contribution < 1.29 is 14.6 Å². The van der Waals surface area contributed by atoms with Crippen LogP contribution in [0.25, 0.3) is 0 Å². The highest BCUT2D eigenvalue weighted by Gasteiger charge is 2.84. The summed E-state index contributed by atoms with van der Waals surface area (Å²) in [7, 11) is 0. The zero-order chi connectivity index (χ0) is 13.0. The van der Waals surface area contributed by atoms with Crippen LogP contribution in [0.1, 0.15) is 47.0 Å². The van der Waals surface area contributed by atoms with Gasteiger partial charge in [-0.3, -0.25) is 0 Å². The summed E-state index contributed by atoms with van der Waals surface area (Å²) in [6.07, 6.45) is 5.12. The Hall–Kier alpha value is -0.380. The molecule has 18 heavy (non-hydrogen) atoms. The van der Waals surface area contributed by atoms with E-state index in [0.29, 0.717) is 11.8 Å². The van der Waals surface area contributed by atoms with Crippen LogP contribution >= 0.6 is 0 Å². The van der Waals surface area contributed by atoms with Gasteiger partial charge in [-0.25, -0.2) is 0 Å². The third-order valence-corrected chi connectivity index (χ3v) is 6.10. The Morgan fingerprint density at radius 1 is 1.28 bits per heavy atom. The van der Waals surface area contributed by atoms with Crippen molar-refractivity contribution >= 4 is 0 Å². The number of epoxide rings is 1. The first kappa shape index (κ1) is 11.4. The second-order valence-electron chi connectivity index (χ2n) is 7.29. The van der Waals surface area contributed by atoms with E-state index in [9.17, 15) is 5.11 Å². The maximum atomic E-state index is 11.0. The zero-order valence-electron chi connectivity index (χ0n) is 11.6. The van der Waals surface area contributed by atoms with Crippen molar-refractivity contribution in [3.63, 3.8) is 0 Å². The van der Waals surface area contributed by atoms with Gasteiger partial charge in [-0.05, 0) is 45.6 Å². The molecule has 2 spiro atoms. The second kappa shape index (κ2) is 2.72. The van der Waals surface area contributed by atoms with Crippen LogP contribution in [0.3, 0.4) is 0 Å². The molecule has 0 amide bonds. The fourth-order valence-electron chi connectivity index (χ4n) is 4.97. The first-order valence-corrected chi connectivity index (χ1v) is 7.08. The minimum Gasteiger partial charge on any atom is -0.360 e. The lowest BCUT2D eigenvalue weighted by atomic mass is 9.76. The molecule has 0 aromatic heterocycles. The highest BCUT2D eigenvalue weighted by atomic mass is 16.7. The zero-order valence-corrected chi connectivity index (χ0v) is 11.6. The van der Waals surface area contributed by atoms with E-state index >= 15 is 0 Å². The Morgan fingerprint density at radius 2 is 1.94 bits per heavy atom. The van der Waals surface area contributed by atoms with Crippen LogP contribution < -0.4 is 0 Å². The molecule has 2 saturated heterocycles. The molecule has 5 unspecified atom stereocenters.